The van der Waals surface area contributed by atoms with Gasteiger partial charge in [0.2, 0.25) is 0 Å². The van der Waals surface area contributed by atoms with Crippen LogP contribution in [0.5, 0.6) is 0 Å². The average Bonchev–Trinajstić information content (AvgIpc) is 2.30. The number of nitrogens with two attached hydrogens (primary N) is 1. The highest BCUT2D eigenvalue weighted by atomic mass is 35.5. The standard InChI is InChI=1S/C10H14N4O.2ClH/c11-10(15)9-2-1-8(7-13-9)14-5-3-12-4-6-14;;/h1-2,7,12H,3-6H2,(H2,11,15);2*1H. The van der Waals surface area contributed by atoms with Crippen molar-refractivity contribution in [1.82, 2.24) is 10.3 Å². The van der Waals surface area contributed by atoms with Crippen LogP contribution in [0.2, 0.25) is 0 Å². The summed E-state index contributed by atoms with van der Waals surface area (Å²) in [5.41, 5.74) is 6.47. The second-order valence-corrected chi connectivity index (χ2v) is 3.50. The van der Waals surface area contributed by atoms with E-state index < -0.39 is 5.91 Å². The molecule has 5 nitrogen and oxygen atoms in total. The van der Waals surface area contributed by atoms with Gasteiger partial charge in [-0.15, -0.1) is 24.8 Å². The molecule has 0 bridgehead atoms. The number of nitrogens with one attached hydrogen (secondary N) is 1. The van der Waals surface area contributed by atoms with Crippen LogP contribution in [0.1, 0.15) is 10.5 Å². The molecule has 0 aromatic carbocycles. The summed E-state index contributed by atoms with van der Waals surface area (Å²) >= 11 is 0. The van der Waals surface area contributed by atoms with E-state index in [9.17, 15) is 4.79 Å². The first-order valence-electron chi connectivity index (χ1n) is 4.99. The molecular formula is C10H16Cl2N4O. The van der Waals surface area contributed by atoms with Crippen molar-refractivity contribution in [2.24, 2.45) is 5.73 Å². The Morgan fingerprint density at radius 3 is 2.41 bits per heavy atom. The van der Waals surface area contributed by atoms with Crippen LogP contribution in [-0.2, 0) is 0 Å². The van der Waals surface area contributed by atoms with Crippen molar-refractivity contribution < 1.29 is 4.79 Å². The molecule has 7 heteroatoms. The lowest BCUT2D eigenvalue weighted by Gasteiger charge is -2.29. The number of primary amides is 1. The van der Waals surface area contributed by atoms with Crippen LogP contribution < -0.4 is 16.0 Å². The molecule has 1 aliphatic heterocycles. The first-order valence-corrected chi connectivity index (χ1v) is 4.99. The fourth-order valence-corrected chi connectivity index (χ4v) is 1.64. The van der Waals surface area contributed by atoms with Gasteiger partial charge in [-0.2, -0.15) is 0 Å². The predicted molar refractivity (Wildman–Crippen MR) is 72.3 cm³/mol. The molecule has 2 heterocycles. The van der Waals surface area contributed by atoms with Crippen LogP contribution in [-0.4, -0.2) is 37.1 Å². The maximum Gasteiger partial charge on any atom is 0.267 e. The molecule has 0 atom stereocenters. The molecule has 0 aliphatic carbocycles. The van der Waals surface area contributed by atoms with E-state index in [4.69, 9.17) is 5.73 Å². The zero-order chi connectivity index (χ0) is 10.7. The van der Waals surface area contributed by atoms with E-state index in [2.05, 4.69) is 15.2 Å². The molecule has 1 amide bonds. The lowest BCUT2D eigenvalue weighted by Crippen LogP contribution is -2.43. The van der Waals surface area contributed by atoms with Gasteiger partial charge in [-0.25, -0.2) is 4.98 Å². The second kappa shape index (κ2) is 7.32. The Bertz CT molecular complexity index is 352. The number of nitrogens with zero attached hydrogens (tertiary/aromatic N) is 2. The summed E-state index contributed by atoms with van der Waals surface area (Å²) in [4.78, 5) is 17.1. The Kier molecular flexibility index (Phi) is 6.87. The molecule has 96 valence electrons. The molecule has 1 aliphatic rings. The molecule has 3 N–H and O–H groups in total. The number of rotatable bonds is 2. The van der Waals surface area contributed by atoms with Crippen LogP contribution in [0.25, 0.3) is 0 Å². The molecular weight excluding hydrogens is 263 g/mol. The van der Waals surface area contributed by atoms with Crippen molar-refractivity contribution in [3.05, 3.63) is 24.0 Å². The van der Waals surface area contributed by atoms with Crippen molar-refractivity contribution in [3.63, 3.8) is 0 Å². The average molecular weight is 279 g/mol. The molecule has 0 unspecified atom stereocenters. The Morgan fingerprint density at radius 2 is 1.94 bits per heavy atom. The molecule has 0 radical (unpaired) electrons. The number of halogens is 2. The summed E-state index contributed by atoms with van der Waals surface area (Å²) < 4.78 is 0. The van der Waals surface area contributed by atoms with Crippen LogP contribution in [0, 0.1) is 0 Å². The first kappa shape index (κ1) is 16.0. The Labute approximate surface area is 113 Å². The Hall–Kier alpha value is -1.04. The van der Waals surface area contributed by atoms with Gasteiger partial charge in [0.1, 0.15) is 5.69 Å². The van der Waals surface area contributed by atoms with Gasteiger partial charge < -0.3 is 16.0 Å². The number of hydrogen-bond donors (Lipinski definition) is 2. The third kappa shape index (κ3) is 4.03. The molecule has 1 aromatic rings. The highest BCUT2D eigenvalue weighted by molar-refractivity contribution is 5.90. The maximum absolute atomic E-state index is 10.8. The van der Waals surface area contributed by atoms with Crippen molar-refractivity contribution in [3.8, 4) is 0 Å². The third-order valence-corrected chi connectivity index (χ3v) is 2.48. The zero-order valence-electron chi connectivity index (χ0n) is 9.26. The lowest BCUT2D eigenvalue weighted by molar-refractivity contribution is 0.0995. The summed E-state index contributed by atoms with van der Waals surface area (Å²) in [6.45, 7) is 3.91. The largest absolute Gasteiger partial charge is 0.368 e. The number of anilines is 1. The van der Waals surface area contributed by atoms with Crippen molar-refractivity contribution in [2.45, 2.75) is 0 Å². The van der Waals surface area contributed by atoms with Crippen molar-refractivity contribution in [1.29, 1.82) is 0 Å². The van der Waals surface area contributed by atoms with Crippen LogP contribution >= 0.6 is 24.8 Å². The van der Waals surface area contributed by atoms with Crippen molar-refractivity contribution in [2.75, 3.05) is 31.1 Å². The van der Waals surface area contributed by atoms with E-state index in [0.717, 1.165) is 31.9 Å². The number of carbonyl (C=O) groups is 1. The van der Waals surface area contributed by atoms with Gasteiger partial charge in [0.15, 0.2) is 0 Å². The minimum Gasteiger partial charge on any atom is -0.368 e. The van der Waals surface area contributed by atoms with Crippen LogP contribution in [0.3, 0.4) is 0 Å². The Balaban J connectivity index is 0.00000128. The monoisotopic (exact) mass is 278 g/mol. The highest BCUT2D eigenvalue weighted by Gasteiger charge is 2.11. The normalized spacial score (nSPS) is 14.5. The quantitative estimate of drug-likeness (QED) is 0.823. The fourth-order valence-electron chi connectivity index (χ4n) is 1.64. The number of aromatic nitrogens is 1. The number of hydrogen-bond acceptors (Lipinski definition) is 4. The van der Waals surface area contributed by atoms with E-state index >= 15 is 0 Å². The topological polar surface area (TPSA) is 71.2 Å². The molecule has 1 saturated heterocycles. The van der Waals surface area contributed by atoms with Gasteiger partial charge in [0.05, 0.1) is 11.9 Å². The van der Waals surface area contributed by atoms with E-state index in [1.54, 1.807) is 12.3 Å². The van der Waals surface area contributed by atoms with E-state index in [1.807, 2.05) is 6.07 Å². The fraction of sp³-hybridized carbons (Fsp3) is 0.400. The zero-order valence-corrected chi connectivity index (χ0v) is 10.9. The summed E-state index contributed by atoms with van der Waals surface area (Å²) in [7, 11) is 0. The van der Waals surface area contributed by atoms with E-state index in [-0.39, 0.29) is 24.8 Å². The summed E-state index contributed by atoms with van der Waals surface area (Å²) in [5.74, 6) is -0.484. The van der Waals surface area contributed by atoms with Gasteiger partial charge in [0, 0.05) is 26.2 Å². The first-order chi connectivity index (χ1) is 7.27. The molecule has 0 spiro atoms. The van der Waals surface area contributed by atoms with Gasteiger partial charge >= 0.3 is 0 Å². The maximum atomic E-state index is 10.8. The molecule has 0 saturated carbocycles. The second-order valence-electron chi connectivity index (χ2n) is 3.50. The summed E-state index contributed by atoms with van der Waals surface area (Å²) in [5, 5.41) is 3.28. The van der Waals surface area contributed by atoms with Gasteiger partial charge in [-0.1, -0.05) is 0 Å². The highest BCUT2D eigenvalue weighted by Crippen LogP contribution is 2.13. The minimum absolute atomic E-state index is 0. The van der Waals surface area contributed by atoms with Crippen LogP contribution in [0.4, 0.5) is 5.69 Å². The molecule has 2 rings (SSSR count). The summed E-state index contributed by atoms with van der Waals surface area (Å²) in [6, 6.07) is 3.55. The number of amides is 1. The van der Waals surface area contributed by atoms with Crippen molar-refractivity contribution >= 4 is 36.4 Å². The number of pyridine rings is 1. The Morgan fingerprint density at radius 1 is 1.29 bits per heavy atom. The number of piperazine rings is 1. The number of carbonyl (C=O) groups excluding carboxylic acids is 1. The molecule has 1 fully saturated rings. The third-order valence-electron chi connectivity index (χ3n) is 2.48. The van der Waals surface area contributed by atoms with Gasteiger partial charge in [-0.3, -0.25) is 4.79 Å². The van der Waals surface area contributed by atoms with Gasteiger partial charge in [-0.05, 0) is 12.1 Å². The van der Waals surface area contributed by atoms with Crippen LogP contribution in [0.15, 0.2) is 18.3 Å². The smallest absolute Gasteiger partial charge is 0.267 e. The van der Waals surface area contributed by atoms with E-state index in [1.165, 1.54) is 0 Å². The SMILES string of the molecule is Cl.Cl.NC(=O)c1ccc(N2CCNCC2)cn1. The van der Waals surface area contributed by atoms with Gasteiger partial charge in [0.25, 0.3) is 5.91 Å². The summed E-state index contributed by atoms with van der Waals surface area (Å²) in [6.07, 6.45) is 1.70. The molecule has 1 aromatic heterocycles. The molecule has 17 heavy (non-hydrogen) atoms. The van der Waals surface area contributed by atoms with E-state index in [0.29, 0.717) is 5.69 Å². The minimum atomic E-state index is -0.484. The predicted octanol–water partition coefficient (Wildman–Crippen LogP) is 0.434. The lowest BCUT2D eigenvalue weighted by atomic mass is 10.2.